The number of nitrogens with one attached hydrogen (secondary N) is 2. The monoisotopic (exact) mass is 246 g/mol. The van der Waals surface area contributed by atoms with Crippen LogP contribution < -0.4 is 5.32 Å². The summed E-state index contributed by atoms with van der Waals surface area (Å²) in [6.45, 7) is 5.10. The summed E-state index contributed by atoms with van der Waals surface area (Å²) in [5.41, 5.74) is 4.72. The Morgan fingerprint density at radius 1 is 1.44 bits per heavy atom. The molecule has 0 radical (unpaired) electrons. The number of fused-ring (bicyclic) bond motifs is 3. The van der Waals surface area contributed by atoms with E-state index in [4.69, 9.17) is 0 Å². The van der Waals surface area contributed by atoms with Crippen LogP contribution in [0.2, 0.25) is 0 Å². The predicted molar refractivity (Wildman–Crippen MR) is 72.5 cm³/mol. The highest BCUT2D eigenvalue weighted by atomic mass is 19.1. The van der Waals surface area contributed by atoms with Crippen LogP contribution in [0.5, 0.6) is 0 Å². The number of aromatic amines is 1. The average molecular weight is 246 g/mol. The zero-order valence-electron chi connectivity index (χ0n) is 10.9. The van der Waals surface area contributed by atoms with Gasteiger partial charge in [0.25, 0.3) is 0 Å². The largest absolute Gasteiger partial charge is 0.358 e. The van der Waals surface area contributed by atoms with E-state index in [1.54, 1.807) is 12.1 Å². The summed E-state index contributed by atoms with van der Waals surface area (Å²) in [4.78, 5) is 3.48. The zero-order chi connectivity index (χ0) is 12.7. The van der Waals surface area contributed by atoms with E-state index in [1.165, 1.54) is 11.3 Å². The molecule has 2 N–H and O–H groups in total. The Labute approximate surface area is 107 Å². The minimum Gasteiger partial charge on any atom is -0.358 e. The molecule has 0 spiro atoms. The van der Waals surface area contributed by atoms with E-state index in [0.29, 0.717) is 6.04 Å². The Kier molecular flexibility index (Phi) is 2.86. The molecular weight excluding hydrogens is 227 g/mol. The van der Waals surface area contributed by atoms with Gasteiger partial charge < -0.3 is 10.3 Å². The Bertz CT molecular complexity index is 586. The third-order valence-corrected chi connectivity index (χ3v) is 3.95. The van der Waals surface area contributed by atoms with Gasteiger partial charge in [0.15, 0.2) is 0 Å². The fourth-order valence-electron chi connectivity index (χ4n) is 3.11. The van der Waals surface area contributed by atoms with Crippen LogP contribution in [0.3, 0.4) is 0 Å². The van der Waals surface area contributed by atoms with Gasteiger partial charge in [0, 0.05) is 22.6 Å². The molecule has 1 heterocycles. The number of halogens is 1. The number of hydrogen-bond donors (Lipinski definition) is 2. The van der Waals surface area contributed by atoms with Gasteiger partial charge >= 0.3 is 0 Å². The highest BCUT2D eigenvalue weighted by molar-refractivity contribution is 5.87. The second-order valence-corrected chi connectivity index (χ2v) is 5.22. The molecule has 3 rings (SSSR count). The van der Waals surface area contributed by atoms with Crippen molar-refractivity contribution in [3.8, 4) is 0 Å². The van der Waals surface area contributed by atoms with Gasteiger partial charge in [-0.2, -0.15) is 0 Å². The van der Waals surface area contributed by atoms with Gasteiger partial charge in [-0.25, -0.2) is 4.39 Å². The summed E-state index contributed by atoms with van der Waals surface area (Å²) in [5.74, 6) is -0.132. The normalized spacial score (nSPS) is 19.2. The van der Waals surface area contributed by atoms with E-state index < -0.39 is 0 Å². The molecule has 0 saturated heterocycles. The molecule has 2 nitrogen and oxygen atoms in total. The van der Waals surface area contributed by atoms with Crippen LogP contribution in [0, 0.1) is 12.7 Å². The standard InChI is InChI=1S/C15H19FN2/c1-3-17-11-4-5-14-12(8-11)13-7-10(16)6-9(2)15(13)18-14/h6-7,11,17-18H,3-5,8H2,1-2H3. The van der Waals surface area contributed by atoms with E-state index >= 15 is 0 Å². The molecule has 1 aromatic heterocycles. The topological polar surface area (TPSA) is 27.8 Å². The van der Waals surface area contributed by atoms with Crippen molar-refractivity contribution in [2.75, 3.05) is 6.54 Å². The second-order valence-electron chi connectivity index (χ2n) is 5.22. The lowest BCUT2D eigenvalue weighted by Crippen LogP contribution is -2.34. The fraction of sp³-hybridized carbons (Fsp3) is 0.467. The first-order chi connectivity index (χ1) is 8.69. The minimum atomic E-state index is -0.132. The first-order valence-corrected chi connectivity index (χ1v) is 6.72. The number of aryl methyl sites for hydroxylation is 2. The van der Waals surface area contributed by atoms with Crippen LogP contribution in [0.15, 0.2) is 12.1 Å². The molecule has 0 amide bonds. The molecule has 0 saturated carbocycles. The first kappa shape index (κ1) is 11.7. The Morgan fingerprint density at radius 2 is 2.28 bits per heavy atom. The summed E-state index contributed by atoms with van der Waals surface area (Å²) in [6.07, 6.45) is 3.23. The SMILES string of the molecule is CCNC1CCc2[nH]c3c(C)cc(F)cc3c2C1. The second kappa shape index (κ2) is 4.39. The molecule has 0 fully saturated rings. The maximum absolute atomic E-state index is 13.6. The summed E-state index contributed by atoms with van der Waals surface area (Å²) in [5, 5.41) is 4.58. The lowest BCUT2D eigenvalue weighted by atomic mass is 9.91. The van der Waals surface area contributed by atoms with Crippen molar-refractivity contribution in [2.45, 2.75) is 39.2 Å². The number of likely N-dealkylation sites (N-methyl/N-ethyl adjacent to an activating group) is 1. The molecule has 0 aliphatic heterocycles. The minimum absolute atomic E-state index is 0.132. The van der Waals surface area contributed by atoms with Crippen LogP contribution in [-0.4, -0.2) is 17.6 Å². The van der Waals surface area contributed by atoms with E-state index in [1.807, 2.05) is 6.92 Å². The number of H-pyrrole nitrogens is 1. The fourth-order valence-corrected chi connectivity index (χ4v) is 3.11. The molecule has 0 bridgehead atoms. The Balaban J connectivity index is 2.09. The summed E-state index contributed by atoms with van der Waals surface area (Å²) >= 11 is 0. The van der Waals surface area contributed by atoms with Crippen molar-refractivity contribution in [2.24, 2.45) is 0 Å². The third-order valence-electron chi connectivity index (χ3n) is 3.95. The van der Waals surface area contributed by atoms with E-state index in [2.05, 4.69) is 17.2 Å². The van der Waals surface area contributed by atoms with Crippen LogP contribution in [0.1, 0.15) is 30.2 Å². The van der Waals surface area contributed by atoms with Crippen molar-refractivity contribution in [3.05, 3.63) is 34.8 Å². The van der Waals surface area contributed by atoms with Crippen LogP contribution in [0.4, 0.5) is 4.39 Å². The van der Waals surface area contributed by atoms with Gasteiger partial charge in [-0.05, 0) is 56.0 Å². The Hall–Kier alpha value is -1.35. The van der Waals surface area contributed by atoms with E-state index in [9.17, 15) is 4.39 Å². The molecule has 1 unspecified atom stereocenters. The van der Waals surface area contributed by atoms with E-state index in [0.717, 1.165) is 42.3 Å². The zero-order valence-corrected chi connectivity index (χ0v) is 10.9. The van der Waals surface area contributed by atoms with Gasteiger partial charge in [-0.3, -0.25) is 0 Å². The van der Waals surface area contributed by atoms with Crippen molar-refractivity contribution in [1.29, 1.82) is 0 Å². The molecule has 1 atom stereocenters. The highest BCUT2D eigenvalue weighted by Crippen LogP contribution is 2.31. The number of aromatic nitrogens is 1. The van der Waals surface area contributed by atoms with Crippen LogP contribution in [0.25, 0.3) is 10.9 Å². The van der Waals surface area contributed by atoms with Gasteiger partial charge in [-0.1, -0.05) is 6.92 Å². The number of benzene rings is 1. The lowest BCUT2D eigenvalue weighted by Gasteiger charge is -2.23. The average Bonchev–Trinajstić information content (AvgIpc) is 2.68. The quantitative estimate of drug-likeness (QED) is 0.837. The molecule has 1 aliphatic rings. The number of hydrogen-bond acceptors (Lipinski definition) is 1. The van der Waals surface area contributed by atoms with Gasteiger partial charge in [0.05, 0.1) is 0 Å². The summed E-state index contributed by atoms with van der Waals surface area (Å²) in [7, 11) is 0. The molecule has 1 aliphatic carbocycles. The highest BCUT2D eigenvalue weighted by Gasteiger charge is 2.22. The molecule has 96 valence electrons. The van der Waals surface area contributed by atoms with Gasteiger partial charge in [0.1, 0.15) is 5.82 Å². The maximum atomic E-state index is 13.6. The predicted octanol–water partition coefficient (Wildman–Crippen LogP) is 3.08. The summed E-state index contributed by atoms with van der Waals surface area (Å²) < 4.78 is 13.6. The van der Waals surface area contributed by atoms with Crippen LogP contribution >= 0.6 is 0 Å². The molecule has 3 heteroatoms. The smallest absolute Gasteiger partial charge is 0.124 e. The van der Waals surface area contributed by atoms with Gasteiger partial charge in [0.2, 0.25) is 0 Å². The van der Waals surface area contributed by atoms with Crippen LogP contribution in [-0.2, 0) is 12.8 Å². The maximum Gasteiger partial charge on any atom is 0.124 e. The van der Waals surface area contributed by atoms with Gasteiger partial charge in [-0.15, -0.1) is 0 Å². The van der Waals surface area contributed by atoms with Crippen molar-refractivity contribution in [3.63, 3.8) is 0 Å². The first-order valence-electron chi connectivity index (χ1n) is 6.72. The molecule has 2 aromatic rings. The van der Waals surface area contributed by atoms with Crippen molar-refractivity contribution >= 4 is 10.9 Å². The molecule has 18 heavy (non-hydrogen) atoms. The summed E-state index contributed by atoms with van der Waals surface area (Å²) in [6, 6.07) is 3.81. The lowest BCUT2D eigenvalue weighted by molar-refractivity contribution is 0.469. The van der Waals surface area contributed by atoms with Crippen molar-refractivity contribution in [1.82, 2.24) is 10.3 Å². The third kappa shape index (κ3) is 1.83. The molecular formula is C15H19FN2. The van der Waals surface area contributed by atoms with Crippen molar-refractivity contribution < 1.29 is 4.39 Å². The number of rotatable bonds is 2. The van der Waals surface area contributed by atoms with E-state index in [-0.39, 0.29) is 5.82 Å². The Morgan fingerprint density at radius 3 is 3.06 bits per heavy atom. The molecule has 1 aromatic carbocycles.